The van der Waals surface area contributed by atoms with E-state index in [0.29, 0.717) is 42.3 Å². The first-order chi connectivity index (χ1) is 17.0. The minimum Gasteiger partial charge on any atom is -0.354 e. The number of anilines is 2. The fourth-order valence-electron chi connectivity index (χ4n) is 4.35. The van der Waals surface area contributed by atoms with Gasteiger partial charge < -0.3 is 11.1 Å². The summed E-state index contributed by atoms with van der Waals surface area (Å²) >= 11 is 0. The van der Waals surface area contributed by atoms with Gasteiger partial charge in [0.2, 0.25) is 5.95 Å². The van der Waals surface area contributed by atoms with E-state index in [0.717, 1.165) is 11.1 Å². The summed E-state index contributed by atoms with van der Waals surface area (Å²) in [5.41, 5.74) is 10.0. The van der Waals surface area contributed by atoms with Gasteiger partial charge in [-0.1, -0.05) is 48.5 Å². The molecule has 0 fully saturated rings. The van der Waals surface area contributed by atoms with E-state index in [9.17, 15) is 9.59 Å². The molecule has 3 N–H and O–H groups in total. The number of benzene rings is 2. The maximum atomic E-state index is 13.6. The fourth-order valence-corrected chi connectivity index (χ4v) is 4.35. The number of nitrogens with one attached hydrogen (secondary N) is 1. The highest BCUT2D eigenvalue weighted by molar-refractivity contribution is 6.11. The van der Waals surface area contributed by atoms with Gasteiger partial charge in [-0.2, -0.15) is 0 Å². The van der Waals surface area contributed by atoms with Crippen molar-refractivity contribution in [2.24, 2.45) is 12.8 Å². The third-order valence-electron chi connectivity index (χ3n) is 6.18. The predicted octanol–water partition coefficient (Wildman–Crippen LogP) is 2.98. The van der Waals surface area contributed by atoms with Crippen LogP contribution in [0, 0.1) is 0 Å². The number of pyridine rings is 1. The summed E-state index contributed by atoms with van der Waals surface area (Å²) in [5, 5.41) is 3.24. The Kier molecular flexibility index (Phi) is 6.12. The van der Waals surface area contributed by atoms with Crippen molar-refractivity contribution in [3.8, 4) is 11.3 Å². The smallest absolute Gasteiger partial charge is 0.279 e. The molecule has 4 aromatic rings. The number of hydrogen-bond donors (Lipinski definition) is 2. The maximum Gasteiger partial charge on any atom is 0.279 e. The Morgan fingerprint density at radius 1 is 1.00 bits per heavy atom. The summed E-state index contributed by atoms with van der Waals surface area (Å²) in [5.74, 6) is 0.179. The second kappa shape index (κ2) is 9.52. The molecule has 8 heteroatoms. The first-order valence-electron chi connectivity index (χ1n) is 11.5. The molecule has 0 saturated carbocycles. The first-order valence-corrected chi connectivity index (χ1v) is 11.5. The molecule has 0 aliphatic carbocycles. The first kappa shape index (κ1) is 22.5. The highest BCUT2D eigenvalue weighted by Gasteiger charge is 2.33. The van der Waals surface area contributed by atoms with Gasteiger partial charge in [0.15, 0.2) is 0 Å². The average molecular weight is 467 g/mol. The van der Waals surface area contributed by atoms with Crippen LogP contribution in [0.5, 0.6) is 0 Å². The summed E-state index contributed by atoms with van der Waals surface area (Å²) in [6.45, 7) is 0.747. The molecule has 0 radical (unpaired) electrons. The largest absolute Gasteiger partial charge is 0.354 e. The van der Waals surface area contributed by atoms with E-state index in [1.54, 1.807) is 37.6 Å². The molecule has 176 valence electrons. The van der Waals surface area contributed by atoms with Crippen LogP contribution in [-0.2, 0) is 20.0 Å². The van der Waals surface area contributed by atoms with Crippen molar-refractivity contribution >= 4 is 17.5 Å². The lowest BCUT2D eigenvalue weighted by atomic mass is 10.1. The van der Waals surface area contributed by atoms with Gasteiger partial charge in [0.1, 0.15) is 11.4 Å². The van der Waals surface area contributed by atoms with E-state index >= 15 is 0 Å². The molecule has 2 aromatic carbocycles. The monoisotopic (exact) mass is 466 g/mol. The minimum absolute atomic E-state index is 0.173. The molecule has 1 atom stereocenters. The molecule has 0 saturated heterocycles. The highest BCUT2D eigenvalue weighted by Crippen LogP contribution is 2.33. The molecular formula is C27H26N6O2. The molecule has 0 spiro atoms. The third kappa shape index (κ3) is 4.43. The van der Waals surface area contributed by atoms with Crippen LogP contribution in [0.25, 0.3) is 11.3 Å². The van der Waals surface area contributed by atoms with Crippen molar-refractivity contribution in [3.63, 3.8) is 0 Å². The average Bonchev–Trinajstić information content (AvgIpc) is 3.22. The van der Waals surface area contributed by atoms with E-state index in [1.165, 1.54) is 9.47 Å². The van der Waals surface area contributed by atoms with E-state index in [4.69, 9.17) is 10.7 Å². The lowest BCUT2D eigenvalue weighted by Gasteiger charge is -2.22. The number of hydrogen-bond acceptors (Lipinski definition) is 6. The van der Waals surface area contributed by atoms with Crippen LogP contribution < -0.4 is 21.5 Å². The predicted molar refractivity (Wildman–Crippen MR) is 136 cm³/mol. The SMILES string of the molecule is Cn1c(NC[C@@H](N)Cc2ccccc2)nc(-c2ccncc2)c(N2Cc3ccccc3C2=O)c1=O. The molecule has 2 aromatic heterocycles. The Hall–Kier alpha value is -4.30. The second-order valence-corrected chi connectivity index (χ2v) is 8.61. The Morgan fingerprint density at radius 2 is 1.71 bits per heavy atom. The van der Waals surface area contributed by atoms with Crippen molar-refractivity contribution in [2.45, 2.75) is 19.0 Å². The second-order valence-electron chi connectivity index (χ2n) is 8.61. The van der Waals surface area contributed by atoms with Crippen molar-refractivity contribution in [3.05, 3.63) is 106 Å². The van der Waals surface area contributed by atoms with Crippen molar-refractivity contribution < 1.29 is 4.79 Å². The number of aromatic nitrogens is 3. The normalized spacial score (nSPS) is 13.5. The van der Waals surface area contributed by atoms with Crippen molar-refractivity contribution in [1.29, 1.82) is 0 Å². The lowest BCUT2D eigenvalue weighted by Crippen LogP contribution is -2.36. The minimum atomic E-state index is -0.313. The number of carbonyl (C=O) groups excluding carboxylic acids is 1. The van der Waals surface area contributed by atoms with Gasteiger partial charge >= 0.3 is 0 Å². The van der Waals surface area contributed by atoms with Gasteiger partial charge in [0, 0.05) is 43.2 Å². The van der Waals surface area contributed by atoms with Gasteiger partial charge in [-0.15, -0.1) is 0 Å². The van der Waals surface area contributed by atoms with Gasteiger partial charge in [0.25, 0.3) is 11.5 Å². The van der Waals surface area contributed by atoms with Gasteiger partial charge in [-0.25, -0.2) is 4.98 Å². The number of carbonyl (C=O) groups is 1. The quantitative estimate of drug-likeness (QED) is 0.434. The summed E-state index contributed by atoms with van der Waals surface area (Å²) in [7, 11) is 1.65. The summed E-state index contributed by atoms with van der Waals surface area (Å²) < 4.78 is 1.44. The number of amides is 1. The van der Waals surface area contributed by atoms with Crippen LogP contribution in [0.4, 0.5) is 11.6 Å². The summed E-state index contributed by atoms with van der Waals surface area (Å²) in [6, 6.07) is 20.8. The molecule has 35 heavy (non-hydrogen) atoms. The highest BCUT2D eigenvalue weighted by atomic mass is 16.2. The lowest BCUT2D eigenvalue weighted by molar-refractivity contribution is 0.0996. The number of nitrogens with zero attached hydrogens (tertiary/aromatic N) is 4. The Morgan fingerprint density at radius 3 is 2.46 bits per heavy atom. The zero-order chi connectivity index (χ0) is 24.4. The Balaban J connectivity index is 1.50. The zero-order valence-corrected chi connectivity index (χ0v) is 19.4. The standard InChI is InChI=1S/C27H26N6O2/c1-32-26(35)24(33-17-20-9-5-6-10-22(20)25(33)34)23(19-11-13-29-14-12-19)31-27(32)30-16-21(28)15-18-7-3-2-4-8-18/h2-14,21H,15-17,28H2,1H3,(H,30,31)/t21-/m0/s1. The fraction of sp³-hybridized carbons (Fsp3) is 0.185. The molecule has 0 unspecified atom stereocenters. The van der Waals surface area contributed by atoms with Crippen LogP contribution in [0.1, 0.15) is 21.5 Å². The molecule has 8 nitrogen and oxygen atoms in total. The van der Waals surface area contributed by atoms with Crippen LogP contribution in [-0.4, -0.2) is 33.0 Å². The van der Waals surface area contributed by atoms with Gasteiger partial charge in [-0.05, 0) is 35.7 Å². The van der Waals surface area contributed by atoms with Gasteiger partial charge in [-0.3, -0.25) is 24.0 Å². The molecule has 1 aliphatic heterocycles. The molecule has 1 amide bonds. The third-order valence-corrected chi connectivity index (χ3v) is 6.18. The van der Waals surface area contributed by atoms with Crippen molar-refractivity contribution in [1.82, 2.24) is 14.5 Å². The zero-order valence-electron chi connectivity index (χ0n) is 19.4. The molecule has 0 bridgehead atoms. The summed E-state index contributed by atoms with van der Waals surface area (Å²) in [6.07, 6.45) is 3.97. The van der Waals surface area contributed by atoms with Crippen LogP contribution in [0.3, 0.4) is 0 Å². The topological polar surface area (TPSA) is 106 Å². The van der Waals surface area contributed by atoms with Crippen LogP contribution >= 0.6 is 0 Å². The van der Waals surface area contributed by atoms with Crippen LogP contribution in [0.2, 0.25) is 0 Å². The van der Waals surface area contributed by atoms with Crippen LogP contribution in [0.15, 0.2) is 83.9 Å². The Bertz CT molecular complexity index is 1420. The number of rotatable bonds is 7. The maximum absolute atomic E-state index is 13.6. The van der Waals surface area contributed by atoms with E-state index in [-0.39, 0.29) is 23.2 Å². The molecular weight excluding hydrogens is 440 g/mol. The van der Waals surface area contributed by atoms with E-state index in [2.05, 4.69) is 10.3 Å². The van der Waals surface area contributed by atoms with Crippen molar-refractivity contribution in [2.75, 3.05) is 16.8 Å². The summed E-state index contributed by atoms with van der Waals surface area (Å²) in [4.78, 5) is 37.3. The molecule has 3 heterocycles. The van der Waals surface area contributed by atoms with E-state index in [1.807, 2.05) is 48.5 Å². The molecule has 5 rings (SSSR count). The Labute approximate surface area is 203 Å². The van der Waals surface area contributed by atoms with Gasteiger partial charge in [0.05, 0.1) is 6.54 Å². The van der Waals surface area contributed by atoms with E-state index < -0.39 is 0 Å². The number of fused-ring (bicyclic) bond motifs is 1. The number of nitrogens with two attached hydrogens (primary N) is 1. The molecule has 1 aliphatic rings.